The lowest BCUT2D eigenvalue weighted by atomic mass is 10.1. The standard InChI is InChI=1S/C25H37N5O2/c1-18(2)11-14-32-25-26-21(5)23-24(28-25)30(17-22(31)27-23)16-20(4)10-8-9-19(3)15-29-12-6-7-13-29/h8-10,18H,3,6-7,11-17H2,1-2,4-5H3,(H,27,31). The molecule has 0 saturated carbocycles. The zero-order valence-electron chi connectivity index (χ0n) is 20.0. The van der Waals surface area contributed by atoms with Crippen LogP contribution in [0.4, 0.5) is 11.5 Å². The number of rotatable bonds is 10. The van der Waals surface area contributed by atoms with E-state index in [1.54, 1.807) is 0 Å². The molecule has 0 aromatic carbocycles. The molecule has 1 aromatic heterocycles. The van der Waals surface area contributed by atoms with Crippen LogP contribution < -0.4 is 15.0 Å². The largest absolute Gasteiger partial charge is 0.463 e. The highest BCUT2D eigenvalue weighted by Gasteiger charge is 2.26. The van der Waals surface area contributed by atoms with Crippen molar-refractivity contribution in [3.8, 4) is 6.01 Å². The third-order valence-electron chi connectivity index (χ3n) is 5.65. The number of hydrogen-bond acceptors (Lipinski definition) is 6. The van der Waals surface area contributed by atoms with E-state index in [-0.39, 0.29) is 12.5 Å². The summed E-state index contributed by atoms with van der Waals surface area (Å²) in [4.78, 5) is 25.8. The molecule has 3 rings (SSSR count). The molecule has 1 amide bonds. The molecule has 1 fully saturated rings. The lowest BCUT2D eigenvalue weighted by Gasteiger charge is -2.30. The van der Waals surface area contributed by atoms with Gasteiger partial charge in [-0.15, -0.1) is 0 Å². The Hall–Kier alpha value is -2.67. The van der Waals surface area contributed by atoms with E-state index in [0.29, 0.717) is 42.3 Å². The topological polar surface area (TPSA) is 70.6 Å². The highest BCUT2D eigenvalue weighted by molar-refractivity contribution is 6.01. The number of fused-ring (bicyclic) bond motifs is 1. The molecule has 2 aliphatic heterocycles. The smallest absolute Gasteiger partial charge is 0.318 e. The van der Waals surface area contributed by atoms with E-state index < -0.39 is 0 Å². The molecular weight excluding hydrogens is 402 g/mol. The Morgan fingerprint density at radius 1 is 1.25 bits per heavy atom. The van der Waals surface area contributed by atoms with Gasteiger partial charge in [0.1, 0.15) is 5.69 Å². The third kappa shape index (κ3) is 6.92. The number of allylic oxidation sites excluding steroid dienone is 2. The fourth-order valence-corrected chi connectivity index (χ4v) is 3.90. The average molecular weight is 440 g/mol. The number of ether oxygens (including phenoxy) is 1. The van der Waals surface area contributed by atoms with Crippen molar-refractivity contribution in [3.05, 3.63) is 41.6 Å². The predicted octanol–water partition coefficient (Wildman–Crippen LogP) is 4.12. The Morgan fingerprint density at radius 2 is 2.00 bits per heavy atom. The van der Waals surface area contributed by atoms with Crippen molar-refractivity contribution in [1.82, 2.24) is 14.9 Å². The molecule has 0 radical (unpaired) electrons. The third-order valence-corrected chi connectivity index (χ3v) is 5.65. The highest BCUT2D eigenvalue weighted by atomic mass is 16.5. The van der Waals surface area contributed by atoms with Gasteiger partial charge in [-0.3, -0.25) is 9.69 Å². The first-order chi connectivity index (χ1) is 15.3. The van der Waals surface area contributed by atoms with Crippen molar-refractivity contribution in [2.45, 2.75) is 47.0 Å². The summed E-state index contributed by atoms with van der Waals surface area (Å²) in [7, 11) is 0. The van der Waals surface area contributed by atoms with Gasteiger partial charge in [-0.2, -0.15) is 9.97 Å². The molecule has 0 unspecified atom stereocenters. The highest BCUT2D eigenvalue weighted by Crippen LogP contribution is 2.32. The first-order valence-electron chi connectivity index (χ1n) is 11.6. The summed E-state index contributed by atoms with van der Waals surface area (Å²) in [5.74, 6) is 1.21. The van der Waals surface area contributed by atoms with Gasteiger partial charge in [-0.05, 0) is 57.7 Å². The van der Waals surface area contributed by atoms with Crippen molar-refractivity contribution in [2.75, 3.05) is 49.5 Å². The van der Waals surface area contributed by atoms with Gasteiger partial charge >= 0.3 is 6.01 Å². The van der Waals surface area contributed by atoms with Gasteiger partial charge in [0.05, 0.1) is 18.8 Å². The van der Waals surface area contributed by atoms with Crippen LogP contribution in [0.5, 0.6) is 6.01 Å². The van der Waals surface area contributed by atoms with Crippen LogP contribution in [0.15, 0.2) is 36.0 Å². The van der Waals surface area contributed by atoms with Gasteiger partial charge in [-0.1, -0.05) is 44.2 Å². The minimum absolute atomic E-state index is 0.0555. The van der Waals surface area contributed by atoms with Crippen molar-refractivity contribution >= 4 is 17.4 Å². The second-order valence-corrected chi connectivity index (χ2v) is 9.24. The lowest BCUT2D eigenvalue weighted by Crippen LogP contribution is -2.40. The van der Waals surface area contributed by atoms with Crippen LogP contribution >= 0.6 is 0 Å². The zero-order chi connectivity index (χ0) is 23.1. The molecule has 174 valence electrons. The predicted molar refractivity (Wildman–Crippen MR) is 130 cm³/mol. The summed E-state index contributed by atoms with van der Waals surface area (Å²) < 4.78 is 5.79. The monoisotopic (exact) mass is 439 g/mol. The number of carbonyl (C=O) groups excluding carboxylic acids is 1. The van der Waals surface area contributed by atoms with Gasteiger partial charge in [0, 0.05) is 13.1 Å². The van der Waals surface area contributed by atoms with Gasteiger partial charge in [0.25, 0.3) is 0 Å². The molecule has 32 heavy (non-hydrogen) atoms. The van der Waals surface area contributed by atoms with Gasteiger partial charge in [0.15, 0.2) is 5.82 Å². The van der Waals surface area contributed by atoms with E-state index in [1.807, 2.05) is 17.9 Å². The van der Waals surface area contributed by atoms with Gasteiger partial charge < -0.3 is 15.0 Å². The molecule has 0 bridgehead atoms. The number of aromatic nitrogens is 2. The fraction of sp³-hybridized carbons (Fsp3) is 0.560. The quantitative estimate of drug-likeness (QED) is 0.553. The maximum absolute atomic E-state index is 12.3. The van der Waals surface area contributed by atoms with Crippen molar-refractivity contribution in [3.63, 3.8) is 0 Å². The number of aryl methyl sites for hydroxylation is 1. The second kappa shape index (κ2) is 11.3. The van der Waals surface area contributed by atoms with E-state index in [2.05, 4.69) is 59.7 Å². The lowest BCUT2D eigenvalue weighted by molar-refractivity contribution is -0.115. The van der Waals surface area contributed by atoms with Crippen LogP contribution in [0.25, 0.3) is 0 Å². The van der Waals surface area contributed by atoms with Crippen LogP contribution in [0.1, 0.15) is 45.7 Å². The molecule has 1 aromatic rings. The summed E-state index contributed by atoms with van der Waals surface area (Å²) in [6, 6.07) is 0.364. The van der Waals surface area contributed by atoms with Gasteiger partial charge in [-0.25, -0.2) is 0 Å². The molecule has 0 atom stereocenters. The molecular formula is C25H37N5O2. The van der Waals surface area contributed by atoms with Crippen LogP contribution in [0, 0.1) is 12.8 Å². The van der Waals surface area contributed by atoms with Crippen molar-refractivity contribution in [2.24, 2.45) is 5.92 Å². The Bertz CT molecular complexity index is 885. The number of nitrogens with one attached hydrogen (secondary N) is 1. The minimum atomic E-state index is -0.0555. The number of anilines is 2. The van der Waals surface area contributed by atoms with E-state index in [0.717, 1.165) is 24.1 Å². The Kier molecular flexibility index (Phi) is 8.45. The Balaban J connectivity index is 1.66. The minimum Gasteiger partial charge on any atom is -0.463 e. The second-order valence-electron chi connectivity index (χ2n) is 9.24. The fourth-order valence-electron chi connectivity index (χ4n) is 3.90. The molecule has 1 N–H and O–H groups in total. The molecule has 7 nitrogen and oxygen atoms in total. The van der Waals surface area contributed by atoms with Crippen LogP contribution in [-0.4, -0.2) is 60.1 Å². The number of amides is 1. The molecule has 0 aliphatic carbocycles. The SMILES string of the molecule is C=C(C=CC=C(C)CN1CC(=O)Nc2c(C)nc(OCCC(C)C)nc21)CN1CCCC1. The van der Waals surface area contributed by atoms with Crippen LogP contribution in [0.3, 0.4) is 0 Å². The summed E-state index contributed by atoms with van der Waals surface area (Å²) >= 11 is 0. The first kappa shape index (κ1) is 24.0. The van der Waals surface area contributed by atoms with Crippen LogP contribution in [-0.2, 0) is 4.79 Å². The molecule has 1 saturated heterocycles. The summed E-state index contributed by atoms with van der Waals surface area (Å²) in [5.41, 5.74) is 3.63. The summed E-state index contributed by atoms with van der Waals surface area (Å²) in [5, 5.41) is 2.91. The van der Waals surface area contributed by atoms with Crippen molar-refractivity contribution < 1.29 is 9.53 Å². The number of carbonyl (C=O) groups is 1. The van der Waals surface area contributed by atoms with E-state index in [9.17, 15) is 4.79 Å². The maximum atomic E-state index is 12.3. The average Bonchev–Trinajstić information content (AvgIpc) is 3.21. The normalized spacial score (nSPS) is 17.2. The molecule has 0 spiro atoms. The number of nitrogens with zero attached hydrogens (tertiary/aromatic N) is 4. The molecule has 3 heterocycles. The maximum Gasteiger partial charge on any atom is 0.318 e. The summed E-state index contributed by atoms with van der Waals surface area (Å²) in [6.07, 6.45) is 9.71. The van der Waals surface area contributed by atoms with Crippen LogP contribution in [0.2, 0.25) is 0 Å². The zero-order valence-corrected chi connectivity index (χ0v) is 20.0. The molecule has 7 heteroatoms. The van der Waals surface area contributed by atoms with Gasteiger partial charge in [0.2, 0.25) is 5.91 Å². The molecule has 2 aliphatic rings. The summed E-state index contributed by atoms with van der Waals surface area (Å²) in [6.45, 7) is 17.1. The number of hydrogen-bond donors (Lipinski definition) is 1. The van der Waals surface area contributed by atoms with E-state index >= 15 is 0 Å². The van der Waals surface area contributed by atoms with Crippen molar-refractivity contribution in [1.29, 1.82) is 0 Å². The number of likely N-dealkylation sites (tertiary alicyclic amines) is 1. The van der Waals surface area contributed by atoms with E-state index in [4.69, 9.17) is 4.74 Å². The van der Waals surface area contributed by atoms with E-state index in [1.165, 1.54) is 25.9 Å². The Morgan fingerprint density at radius 3 is 2.72 bits per heavy atom. The first-order valence-corrected chi connectivity index (χ1v) is 11.6. The Labute approximate surface area is 192 Å².